The van der Waals surface area contributed by atoms with Crippen molar-refractivity contribution in [2.45, 2.75) is 50.7 Å². The molecule has 0 aliphatic heterocycles. The first-order valence-electron chi connectivity index (χ1n) is 7.70. The molecule has 21 heavy (non-hydrogen) atoms. The molecule has 0 atom stereocenters. The van der Waals surface area contributed by atoms with E-state index < -0.39 is 0 Å². The van der Waals surface area contributed by atoms with Gasteiger partial charge in [0, 0.05) is 7.11 Å². The SMILES string of the molecule is COC1(c2nnnn2Cc2ccccc2)CCCCCC1. The van der Waals surface area contributed by atoms with Crippen molar-refractivity contribution < 1.29 is 4.74 Å². The van der Waals surface area contributed by atoms with Crippen LogP contribution in [0.2, 0.25) is 0 Å². The molecule has 1 aliphatic carbocycles. The zero-order chi connectivity index (χ0) is 14.5. The number of tetrazole rings is 1. The van der Waals surface area contributed by atoms with Crippen LogP contribution < -0.4 is 0 Å². The molecule has 1 heterocycles. The van der Waals surface area contributed by atoms with Crippen LogP contribution in [0.4, 0.5) is 0 Å². The molecule has 0 spiro atoms. The van der Waals surface area contributed by atoms with Crippen molar-refractivity contribution in [1.82, 2.24) is 20.2 Å². The van der Waals surface area contributed by atoms with E-state index in [-0.39, 0.29) is 5.60 Å². The van der Waals surface area contributed by atoms with Crippen LogP contribution in [-0.4, -0.2) is 27.3 Å². The van der Waals surface area contributed by atoms with Crippen molar-refractivity contribution in [2.24, 2.45) is 0 Å². The van der Waals surface area contributed by atoms with Crippen LogP contribution in [0.3, 0.4) is 0 Å². The molecule has 5 heteroatoms. The number of benzene rings is 1. The lowest BCUT2D eigenvalue weighted by molar-refractivity contribution is -0.0383. The molecule has 0 unspecified atom stereocenters. The summed E-state index contributed by atoms with van der Waals surface area (Å²) < 4.78 is 7.81. The minimum atomic E-state index is -0.325. The first kappa shape index (κ1) is 14.2. The molecule has 112 valence electrons. The highest BCUT2D eigenvalue weighted by molar-refractivity contribution is 5.15. The maximum atomic E-state index is 5.92. The van der Waals surface area contributed by atoms with E-state index in [9.17, 15) is 0 Å². The summed E-state index contributed by atoms with van der Waals surface area (Å²) in [5.74, 6) is 0.871. The number of methoxy groups -OCH3 is 1. The van der Waals surface area contributed by atoms with Crippen LogP contribution in [-0.2, 0) is 16.9 Å². The molecular weight excluding hydrogens is 264 g/mol. The Morgan fingerprint density at radius 3 is 2.48 bits per heavy atom. The molecule has 2 aromatic rings. The van der Waals surface area contributed by atoms with Crippen LogP contribution in [0.1, 0.15) is 49.9 Å². The summed E-state index contributed by atoms with van der Waals surface area (Å²) in [6.45, 7) is 0.689. The molecule has 1 aromatic heterocycles. The van der Waals surface area contributed by atoms with Crippen LogP contribution >= 0.6 is 0 Å². The van der Waals surface area contributed by atoms with Crippen molar-refractivity contribution in [1.29, 1.82) is 0 Å². The molecule has 5 nitrogen and oxygen atoms in total. The Labute approximate surface area is 125 Å². The second kappa shape index (κ2) is 6.35. The molecule has 0 radical (unpaired) electrons. The highest BCUT2D eigenvalue weighted by Gasteiger charge is 2.38. The molecule has 0 bridgehead atoms. The zero-order valence-electron chi connectivity index (χ0n) is 12.5. The van der Waals surface area contributed by atoms with Crippen LogP contribution in [0.5, 0.6) is 0 Å². The maximum absolute atomic E-state index is 5.92. The van der Waals surface area contributed by atoms with Gasteiger partial charge < -0.3 is 4.74 Å². The van der Waals surface area contributed by atoms with E-state index in [0.717, 1.165) is 18.7 Å². The van der Waals surface area contributed by atoms with Crippen molar-refractivity contribution in [3.63, 3.8) is 0 Å². The molecular formula is C16H22N4O. The summed E-state index contributed by atoms with van der Waals surface area (Å²) in [4.78, 5) is 0. The van der Waals surface area contributed by atoms with Crippen LogP contribution in [0.25, 0.3) is 0 Å². The Hall–Kier alpha value is -1.75. The largest absolute Gasteiger partial charge is 0.370 e. The maximum Gasteiger partial charge on any atom is 0.183 e. The van der Waals surface area contributed by atoms with Crippen molar-refractivity contribution in [3.8, 4) is 0 Å². The van der Waals surface area contributed by atoms with E-state index in [0.29, 0.717) is 6.54 Å². The number of hydrogen-bond acceptors (Lipinski definition) is 4. The Bertz CT molecular complexity index is 559. The number of rotatable bonds is 4. The van der Waals surface area contributed by atoms with E-state index in [1.54, 1.807) is 7.11 Å². The fourth-order valence-corrected chi connectivity index (χ4v) is 3.21. The van der Waals surface area contributed by atoms with Gasteiger partial charge in [0.15, 0.2) is 5.82 Å². The summed E-state index contributed by atoms with van der Waals surface area (Å²) in [5, 5.41) is 12.4. The Morgan fingerprint density at radius 1 is 1.10 bits per heavy atom. The van der Waals surface area contributed by atoms with Gasteiger partial charge in [-0.25, -0.2) is 4.68 Å². The quantitative estimate of drug-likeness (QED) is 0.811. The van der Waals surface area contributed by atoms with Gasteiger partial charge in [0.05, 0.1) is 6.54 Å². The summed E-state index contributed by atoms with van der Waals surface area (Å²) >= 11 is 0. The number of hydrogen-bond donors (Lipinski definition) is 0. The first-order chi connectivity index (χ1) is 10.3. The van der Waals surface area contributed by atoms with Gasteiger partial charge >= 0.3 is 0 Å². The lowest BCUT2D eigenvalue weighted by atomic mass is 9.93. The Kier molecular flexibility index (Phi) is 4.29. The summed E-state index contributed by atoms with van der Waals surface area (Å²) in [5.41, 5.74) is 0.875. The molecule has 1 fully saturated rings. The average molecular weight is 286 g/mol. The van der Waals surface area contributed by atoms with Gasteiger partial charge in [0.1, 0.15) is 5.60 Å². The minimum absolute atomic E-state index is 0.325. The van der Waals surface area contributed by atoms with Crippen molar-refractivity contribution >= 4 is 0 Å². The smallest absolute Gasteiger partial charge is 0.183 e. The van der Waals surface area contributed by atoms with Gasteiger partial charge in [0.2, 0.25) is 0 Å². The standard InChI is InChI=1S/C16H22N4O/c1-21-16(11-7-2-3-8-12-16)15-17-18-19-20(15)13-14-9-5-4-6-10-14/h4-6,9-10H,2-3,7-8,11-13H2,1H3. The normalized spacial score (nSPS) is 18.3. The van der Waals surface area contributed by atoms with Gasteiger partial charge in [-0.2, -0.15) is 0 Å². The summed E-state index contributed by atoms with van der Waals surface area (Å²) in [7, 11) is 1.78. The van der Waals surface area contributed by atoms with E-state index in [2.05, 4.69) is 27.7 Å². The molecule has 0 saturated heterocycles. The second-order valence-electron chi connectivity index (χ2n) is 5.76. The average Bonchev–Trinajstić information content (AvgIpc) is 2.85. The Balaban J connectivity index is 1.89. The first-order valence-corrected chi connectivity index (χ1v) is 7.70. The predicted octanol–water partition coefficient (Wildman–Crippen LogP) is 2.92. The predicted molar refractivity (Wildman–Crippen MR) is 79.8 cm³/mol. The van der Waals surface area contributed by atoms with E-state index in [1.165, 1.54) is 31.2 Å². The van der Waals surface area contributed by atoms with Crippen LogP contribution in [0, 0.1) is 0 Å². The minimum Gasteiger partial charge on any atom is -0.370 e. The molecule has 1 saturated carbocycles. The molecule has 1 aliphatic rings. The summed E-state index contributed by atoms with van der Waals surface area (Å²) in [6, 6.07) is 10.3. The van der Waals surface area contributed by atoms with Crippen molar-refractivity contribution in [2.75, 3.05) is 7.11 Å². The number of aromatic nitrogens is 4. The third-order valence-corrected chi connectivity index (χ3v) is 4.42. The van der Waals surface area contributed by atoms with Crippen molar-refractivity contribution in [3.05, 3.63) is 41.7 Å². The third kappa shape index (κ3) is 2.97. The summed E-state index contributed by atoms with van der Waals surface area (Å²) in [6.07, 6.45) is 6.88. The van der Waals surface area contributed by atoms with Gasteiger partial charge in [-0.3, -0.25) is 0 Å². The topological polar surface area (TPSA) is 52.8 Å². The zero-order valence-corrected chi connectivity index (χ0v) is 12.5. The number of nitrogens with zero attached hydrogens (tertiary/aromatic N) is 4. The van der Waals surface area contributed by atoms with Gasteiger partial charge in [-0.05, 0) is 28.8 Å². The molecule has 0 amide bonds. The third-order valence-electron chi connectivity index (χ3n) is 4.42. The molecule has 3 rings (SSSR count). The fourth-order valence-electron chi connectivity index (χ4n) is 3.21. The van der Waals surface area contributed by atoms with E-state index >= 15 is 0 Å². The lowest BCUT2D eigenvalue weighted by Gasteiger charge is -2.29. The van der Waals surface area contributed by atoms with Gasteiger partial charge in [-0.15, -0.1) is 5.10 Å². The van der Waals surface area contributed by atoms with Gasteiger partial charge in [-0.1, -0.05) is 56.0 Å². The van der Waals surface area contributed by atoms with E-state index in [1.807, 2.05) is 22.9 Å². The fraction of sp³-hybridized carbons (Fsp3) is 0.562. The molecule has 1 aromatic carbocycles. The monoisotopic (exact) mass is 286 g/mol. The van der Waals surface area contributed by atoms with Gasteiger partial charge in [0.25, 0.3) is 0 Å². The van der Waals surface area contributed by atoms with E-state index in [4.69, 9.17) is 4.74 Å². The van der Waals surface area contributed by atoms with Crippen LogP contribution in [0.15, 0.2) is 30.3 Å². The lowest BCUT2D eigenvalue weighted by Crippen LogP contribution is -2.32. The molecule has 0 N–H and O–H groups in total. The Morgan fingerprint density at radius 2 is 1.81 bits per heavy atom. The number of ether oxygens (including phenoxy) is 1. The second-order valence-corrected chi connectivity index (χ2v) is 5.76. The highest BCUT2D eigenvalue weighted by atomic mass is 16.5. The highest BCUT2D eigenvalue weighted by Crippen LogP contribution is 2.37.